The van der Waals surface area contributed by atoms with Crippen LogP contribution in [0.5, 0.6) is 0 Å². The van der Waals surface area contributed by atoms with Gasteiger partial charge in [0.25, 0.3) is 0 Å². The van der Waals surface area contributed by atoms with Gasteiger partial charge in [0.15, 0.2) is 0 Å². The minimum atomic E-state index is 0.263. The van der Waals surface area contributed by atoms with Crippen molar-refractivity contribution < 1.29 is 4.79 Å². The smallest absolute Gasteiger partial charge is 0.226 e. The summed E-state index contributed by atoms with van der Waals surface area (Å²) in [5, 5.41) is 6.49. The number of aromatic nitrogens is 1. The van der Waals surface area contributed by atoms with Crippen LogP contribution in [0.3, 0.4) is 0 Å². The summed E-state index contributed by atoms with van der Waals surface area (Å²) in [6.07, 6.45) is 3.41. The maximum Gasteiger partial charge on any atom is 0.226 e. The van der Waals surface area contributed by atoms with Gasteiger partial charge in [-0.15, -0.1) is 11.3 Å². The van der Waals surface area contributed by atoms with Crippen LogP contribution < -0.4 is 5.32 Å². The van der Waals surface area contributed by atoms with E-state index < -0.39 is 0 Å². The van der Waals surface area contributed by atoms with E-state index in [-0.39, 0.29) is 5.92 Å². The van der Waals surface area contributed by atoms with Crippen molar-refractivity contribution in [1.29, 1.82) is 0 Å². The molecule has 1 aliphatic heterocycles. The molecule has 1 aromatic rings. The molecule has 1 amide bonds. The summed E-state index contributed by atoms with van der Waals surface area (Å²) in [7, 11) is 1.91. The predicted molar refractivity (Wildman–Crippen MR) is 76.0 cm³/mol. The number of aryl methyl sites for hydroxylation is 1. The minimum absolute atomic E-state index is 0.263. The van der Waals surface area contributed by atoms with Gasteiger partial charge in [0.2, 0.25) is 5.91 Å². The van der Waals surface area contributed by atoms with Crippen LogP contribution in [0.25, 0.3) is 0 Å². The molecule has 4 nitrogen and oxygen atoms in total. The van der Waals surface area contributed by atoms with E-state index in [1.54, 1.807) is 11.3 Å². The van der Waals surface area contributed by atoms with Gasteiger partial charge < -0.3 is 10.2 Å². The van der Waals surface area contributed by atoms with E-state index in [4.69, 9.17) is 0 Å². The molecular formula is C14H21N3OS. The molecule has 2 heterocycles. The number of carbonyl (C=O) groups excluding carboxylic acids is 1. The van der Waals surface area contributed by atoms with Crippen LogP contribution in [-0.4, -0.2) is 35.9 Å². The molecule has 1 atom stereocenters. The monoisotopic (exact) mass is 279 g/mol. The third-order valence-electron chi connectivity index (χ3n) is 4.53. The maximum atomic E-state index is 12.5. The molecule has 1 aromatic heterocycles. The highest BCUT2D eigenvalue weighted by molar-refractivity contribution is 7.09. The first kappa shape index (κ1) is 13.1. The lowest BCUT2D eigenvalue weighted by Crippen LogP contribution is -2.34. The molecule has 3 rings (SSSR count). The van der Waals surface area contributed by atoms with Crippen LogP contribution in [0.2, 0.25) is 0 Å². The van der Waals surface area contributed by atoms with Gasteiger partial charge >= 0.3 is 0 Å². The molecule has 5 heteroatoms. The quantitative estimate of drug-likeness (QED) is 0.917. The van der Waals surface area contributed by atoms with Crippen molar-refractivity contribution in [2.75, 3.05) is 20.1 Å². The summed E-state index contributed by atoms with van der Waals surface area (Å²) >= 11 is 1.65. The van der Waals surface area contributed by atoms with E-state index in [0.29, 0.717) is 17.9 Å². The minimum Gasteiger partial charge on any atom is -0.340 e. The third kappa shape index (κ3) is 2.54. The number of piperidine rings is 1. The number of hydrogen-bond acceptors (Lipinski definition) is 4. The van der Waals surface area contributed by atoms with Crippen LogP contribution in [0.1, 0.15) is 30.0 Å². The van der Waals surface area contributed by atoms with E-state index in [2.05, 4.69) is 10.3 Å². The Hall–Kier alpha value is -0.940. The average Bonchev–Trinajstić information content (AvgIpc) is 2.92. The fourth-order valence-electron chi connectivity index (χ4n) is 3.24. The zero-order chi connectivity index (χ0) is 13.5. The number of nitrogens with one attached hydrogen (secondary N) is 1. The SMILES string of the molecule is Cc1nc(CN(C)C(=O)C2CC23CCNCC3)cs1. The lowest BCUT2D eigenvalue weighted by atomic mass is 9.91. The second kappa shape index (κ2) is 4.87. The van der Waals surface area contributed by atoms with Crippen LogP contribution in [0, 0.1) is 18.3 Å². The molecule has 1 aliphatic carbocycles. The molecule has 0 radical (unpaired) electrons. The number of nitrogens with zero attached hydrogens (tertiary/aromatic N) is 2. The van der Waals surface area contributed by atoms with Gasteiger partial charge in [-0.1, -0.05) is 0 Å². The van der Waals surface area contributed by atoms with Crippen molar-refractivity contribution in [2.24, 2.45) is 11.3 Å². The molecular weight excluding hydrogens is 258 g/mol. The number of hydrogen-bond donors (Lipinski definition) is 1. The maximum absolute atomic E-state index is 12.5. The van der Waals surface area contributed by atoms with Crippen molar-refractivity contribution in [1.82, 2.24) is 15.2 Å². The standard InChI is InChI=1S/C14H21N3OS/c1-10-16-11(9-19-10)8-17(2)13(18)12-7-14(12)3-5-15-6-4-14/h9,12,15H,3-8H2,1-2H3. The summed E-state index contributed by atoms with van der Waals surface area (Å²) in [5.74, 6) is 0.576. The largest absolute Gasteiger partial charge is 0.340 e. The predicted octanol–water partition coefficient (Wildman–Crippen LogP) is 1.80. The van der Waals surface area contributed by atoms with Crippen molar-refractivity contribution in [3.05, 3.63) is 16.1 Å². The number of amides is 1. The Bertz CT molecular complexity index is 479. The molecule has 2 fully saturated rings. The van der Waals surface area contributed by atoms with E-state index in [1.807, 2.05) is 24.3 Å². The zero-order valence-electron chi connectivity index (χ0n) is 11.6. The van der Waals surface area contributed by atoms with Gasteiger partial charge in [0, 0.05) is 18.3 Å². The van der Waals surface area contributed by atoms with Crippen molar-refractivity contribution >= 4 is 17.2 Å². The lowest BCUT2D eigenvalue weighted by Gasteiger charge is -2.24. The first-order valence-corrected chi connectivity index (χ1v) is 7.85. The topological polar surface area (TPSA) is 45.2 Å². The highest BCUT2D eigenvalue weighted by Gasteiger charge is 2.58. The van der Waals surface area contributed by atoms with E-state index in [9.17, 15) is 4.79 Å². The summed E-state index contributed by atoms with van der Waals surface area (Å²) < 4.78 is 0. The highest BCUT2D eigenvalue weighted by atomic mass is 32.1. The molecule has 1 saturated heterocycles. The molecule has 1 saturated carbocycles. The summed E-state index contributed by atoms with van der Waals surface area (Å²) in [6.45, 7) is 4.78. The third-order valence-corrected chi connectivity index (χ3v) is 5.35. The number of carbonyl (C=O) groups is 1. The fourth-order valence-corrected chi connectivity index (χ4v) is 3.85. The Morgan fingerprint density at radius 3 is 2.95 bits per heavy atom. The normalized spacial score (nSPS) is 24.4. The number of rotatable bonds is 3. The lowest BCUT2D eigenvalue weighted by molar-refractivity contribution is -0.132. The molecule has 1 unspecified atom stereocenters. The second-order valence-electron chi connectivity index (χ2n) is 5.92. The van der Waals surface area contributed by atoms with Crippen LogP contribution in [-0.2, 0) is 11.3 Å². The Morgan fingerprint density at radius 2 is 2.32 bits per heavy atom. The first-order valence-electron chi connectivity index (χ1n) is 6.97. The molecule has 19 heavy (non-hydrogen) atoms. The van der Waals surface area contributed by atoms with Crippen molar-refractivity contribution in [3.8, 4) is 0 Å². The molecule has 104 valence electrons. The van der Waals surface area contributed by atoms with E-state index >= 15 is 0 Å². The molecule has 2 aliphatic rings. The van der Waals surface area contributed by atoms with Crippen LogP contribution in [0.15, 0.2) is 5.38 Å². The number of thiazole rings is 1. The van der Waals surface area contributed by atoms with E-state index in [0.717, 1.165) is 43.1 Å². The molecule has 0 aromatic carbocycles. The van der Waals surface area contributed by atoms with Crippen molar-refractivity contribution in [3.63, 3.8) is 0 Å². The fraction of sp³-hybridized carbons (Fsp3) is 0.714. The van der Waals surface area contributed by atoms with Gasteiger partial charge in [-0.25, -0.2) is 4.98 Å². The zero-order valence-corrected chi connectivity index (χ0v) is 12.4. The second-order valence-corrected chi connectivity index (χ2v) is 6.98. The van der Waals surface area contributed by atoms with Gasteiger partial charge in [-0.2, -0.15) is 0 Å². The Labute approximate surface area is 118 Å². The first-order chi connectivity index (χ1) is 9.11. The summed E-state index contributed by atoms with van der Waals surface area (Å²) in [5.41, 5.74) is 1.34. The van der Waals surface area contributed by atoms with Crippen LogP contribution >= 0.6 is 11.3 Å². The Balaban J connectivity index is 1.59. The van der Waals surface area contributed by atoms with Crippen LogP contribution in [0.4, 0.5) is 0 Å². The van der Waals surface area contributed by atoms with Gasteiger partial charge in [0.05, 0.1) is 17.2 Å². The summed E-state index contributed by atoms with van der Waals surface area (Å²) in [4.78, 5) is 18.8. The summed E-state index contributed by atoms with van der Waals surface area (Å²) in [6, 6.07) is 0. The van der Waals surface area contributed by atoms with Gasteiger partial charge in [0.1, 0.15) is 0 Å². The molecule has 0 bridgehead atoms. The average molecular weight is 279 g/mol. The van der Waals surface area contributed by atoms with Gasteiger partial charge in [-0.3, -0.25) is 4.79 Å². The van der Waals surface area contributed by atoms with Gasteiger partial charge in [-0.05, 0) is 44.7 Å². The van der Waals surface area contributed by atoms with Crippen molar-refractivity contribution in [2.45, 2.75) is 32.7 Å². The van der Waals surface area contributed by atoms with E-state index in [1.165, 1.54) is 0 Å². The highest BCUT2D eigenvalue weighted by Crippen LogP contribution is 2.59. The Morgan fingerprint density at radius 1 is 1.58 bits per heavy atom. The Kier molecular flexibility index (Phi) is 3.35. The molecule has 1 N–H and O–H groups in total. The molecule has 1 spiro atoms.